The molecule has 0 bridgehead atoms. The van der Waals surface area contributed by atoms with Crippen LogP contribution in [0.25, 0.3) is 0 Å². The lowest BCUT2D eigenvalue weighted by Gasteiger charge is -2.11. The fraction of sp³-hybridized carbons (Fsp3) is 0.385. The molecule has 0 saturated heterocycles. The molecular formula is C13H19N3O2S. The third kappa shape index (κ3) is 5.32. The maximum atomic E-state index is 11.7. The third-order valence-electron chi connectivity index (χ3n) is 2.43. The zero-order valence-electron chi connectivity index (χ0n) is 11.3. The fourth-order valence-corrected chi connectivity index (χ4v) is 2.42. The number of rotatable bonds is 5. The molecular weight excluding hydrogens is 262 g/mol. The predicted octanol–water partition coefficient (Wildman–Crippen LogP) is 1.34. The Balaban J connectivity index is 2.60. The normalized spacial score (nSPS) is 11.7. The zero-order valence-corrected chi connectivity index (χ0v) is 12.1. The molecule has 0 fully saturated rings. The van der Waals surface area contributed by atoms with Crippen LogP contribution in [0.2, 0.25) is 0 Å². The van der Waals surface area contributed by atoms with E-state index in [1.165, 1.54) is 18.8 Å². The second-order valence-electron chi connectivity index (χ2n) is 4.01. The minimum Gasteiger partial charge on any atom is -0.341 e. The number of benzene rings is 1. The van der Waals surface area contributed by atoms with E-state index in [-0.39, 0.29) is 11.2 Å². The van der Waals surface area contributed by atoms with Gasteiger partial charge in [-0.1, -0.05) is 12.1 Å². The number of thioether (sulfide) groups is 1. The molecule has 3 N–H and O–H groups in total. The van der Waals surface area contributed by atoms with Crippen LogP contribution < -0.4 is 16.0 Å². The van der Waals surface area contributed by atoms with Gasteiger partial charge in [-0.25, -0.2) is 4.79 Å². The summed E-state index contributed by atoms with van der Waals surface area (Å²) in [4.78, 5) is 23.8. The van der Waals surface area contributed by atoms with Gasteiger partial charge >= 0.3 is 6.03 Å². The first kappa shape index (κ1) is 15.5. The van der Waals surface area contributed by atoms with Crippen molar-refractivity contribution < 1.29 is 9.59 Å². The molecule has 19 heavy (non-hydrogen) atoms. The first-order chi connectivity index (χ1) is 9.06. The first-order valence-corrected chi connectivity index (χ1v) is 6.87. The molecule has 5 nitrogen and oxygen atoms in total. The average molecular weight is 281 g/mol. The summed E-state index contributed by atoms with van der Waals surface area (Å²) in [6.45, 7) is 2.56. The lowest BCUT2D eigenvalue weighted by atomic mass is 10.2. The largest absolute Gasteiger partial charge is 0.341 e. The van der Waals surface area contributed by atoms with E-state index in [1.807, 2.05) is 31.3 Å². The van der Waals surface area contributed by atoms with Crippen LogP contribution in [0.3, 0.4) is 0 Å². The SMILES string of the molecule is CNCc1cccc(SC(C)C(=O)NC(=O)NC)c1. The molecule has 3 amide bonds. The molecule has 1 unspecified atom stereocenters. The van der Waals surface area contributed by atoms with Gasteiger partial charge in [0.2, 0.25) is 5.91 Å². The van der Waals surface area contributed by atoms with Crippen LogP contribution in [-0.2, 0) is 11.3 Å². The number of nitrogens with one attached hydrogen (secondary N) is 3. The van der Waals surface area contributed by atoms with Gasteiger partial charge in [0, 0.05) is 18.5 Å². The summed E-state index contributed by atoms with van der Waals surface area (Å²) in [6.07, 6.45) is 0. The van der Waals surface area contributed by atoms with Crippen LogP contribution in [0.4, 0.5) is 4.79 Å². The quantitative estimate of drug-likeness (QED) is 0.712. The molecule has 1 atom stereocenters. The van der Waals surface area contributed by atoms with E-state index in [2.05, 4.69) is 16.0 Å². The number of hydrogen-bond acceptors (Lipinski definition) is 4. The van der Waals surface area contributed by atoms with Gasteiger partial charge in [0.25, 0.3) is 0 Å². The number of imide groups is 1. The molecule has 0 radical (unpaired) electrons. The van der Waals surface area contributed by atoms with Crippen molar-refractivity contribution in [1.29, 1.82) is 0 Å². The average Bonchev–Trinajstić information content (AvgIpc) is 2.39. The lowest BCUT2D eigenvalue weighted by molar-refractivity contribution is -0.119. The summed E-state index contributed by atoms with van der Waals surface area (Å²) >= 11 is 1.42. The third-order valence-corrected chi connectivity index (χ3v) is 3.52. The Bertz CT molecular complexity index is 451. The lowest BCUT2D eigenvalue weighted by Crippen LogP contribution is -2.41. The van der Waals surface area contributed by atoms with E-state index in [1.54, 1.807) is 6.92 Å². The topological polar surface area (TPSA) is 70.2 Å². The number of carbonyl (C=O) groups excluding carboxylic acids is 2. The molecule has 0 spiro atoms. The molecule has 0 aromatic heterocycles. The van der Waals surface area contributed by atoms with E-state index >= 15 is 0 Å². The Labute approximate surface area is 117 Å². The Kier molecular flexibility index (Phi) is 6.38. The van der Waals surface area contributed by atoms with Crippen LogP contribution in [0, 0.1) is 0 Å². The number of hydrogen-bond donors (Lipinski definition) is 3. The molecule has 6 heteroatoms. The minimum absolute atomic E-state index is 0.302. The van der Waals surface area contributed by atoms with Gasteiger partial charge in [-0.15, -0.1) is 11.8 Å². The molecule has 1 aromatic carbocycles. The second-order valence-corrected chi connectivity index (χ2v) is 5.42. The standard InChI is InChI=1S/C13H19N3O2S/c1-9(12(17)16-13(18)15-3)19-11-6-4-5-10(7-11)8-14-2/h4-7,9,14H,8H2,1-3H3,(H2,15,16,17,18). The van der Waals surface area contributed by atoms with Crippen LogP contribution in [-0.4, -0.2) is 31.3 Å². The van der Waals surface area contributed by atoms with Crippen molar-refractivity contribution in [2.75, 3.05) is 14.1 Å². The summed E-state index contributed by atoms with van der Waals surface area (Å²) in [5.41, 5.74) is 1.16. The van der Waals surface area contributed by atoms with Gasteiger partial charge in [0.15, 0.2) is 0 Å². The molecule has 0 saturated carbocycles. The minimum atomic E-state index is -0.485. The summed E-state index contributed by atoms with van der Waals surface area (Å²) in [5, 5.41) is 7.37. The molecule has 0 heterocycles. The van der Waals surface area contributed by atoms with Crippen LogP contribution in [0.5, 0.6) is 0 Å². The summed E-state index contributed by atoms with van der Waals surface area (Å²) < 4.78 is 0. The van der Waals surface area contributed by atoms with E-state index < -0.39 is 6.03 Å². The van der Waals surface area contributed by atoms with Crippen molar-refractivity contribution in [3.05, 3.63) is 29.8 Å². The van der Waals surface area contributed by atoms with Gasteiger partial charge in [0.05, 0.1) is 5.25 Å². The number of urea groups is 1. The van der Waals surface area contributed by atoms with Crippen molar-refractivity contribution in [3.63, 3.8) is 0 Å². The van der Waals surface area contributed by atoms with Gasteiger partial charge in [-0.2, -0.15) is 0 Å². The van der Waals surface area contributed by atoms with Crippen LogP contribution >= 0.6 is 11.8 Å². The Hall–Kier alpha value is -1.53. The van der Waals surface area contributed by atoms with Crippen molar-refractivity contribution in [2.45, 2.75) is 23.6 Å². The summed E-state index contributed by atoms with van der Waals surface area (Å²) in [7, 11) is 3.36. The maximum Gasteiger partial charge on any atom is 0.321 e. The first-order valence-electron chi connectivity index (χ1n) is 5.99. The van der Waals surface area contributed by atoms with Crippen molar-refractivity contribution in [1.82, 2.24) is 16.0 Å². The highest BCUT2D eigenvalue weighted by atomic mass is 32.2. The van der Waals surface area contributed by atoms with Gasteiger partial charge in [-0.3, -0.25) is 10.1 Å². The monoisotopic (exact) mass is 281 g/mol. The molecule has 0 aliphatic carbocycles. The van der Waals surface area contributed by atoms with Crippen LogP contribution in [0.1, 0.15) is 12.5 Å². The molecule has 1 aromatic rings. The number of carbonyl (C=O) groups is 2. The van der Waals surface area contributed by atoms with Crippen molar-refractivity contribution in [3.8, 4) is 0 Å². The van der Waals surface area contributed by atoms with Gasteiger partial charge in [-0.05, 0) is 31.7 Å². The highest BCUT2D eigenvalue weighted by molar-refractivity contribution is 8.00. The maximum absolute atomic E-state index is 11.7. The smallest absolute Gasteiger partial charge is 0.321 e. The highest BCUT2D eigenvalue weighted by Gasteiger charge is 2.16. The summed E-state index contributed by atoms with van der Waals surface area (Å²) in [5.74, 6) is -0.302. The molecule has 0 aliphatic rings. The predicted molar refractivity (Wildman–Crippen MR) is 77.1 cm³/mol. The van der Waals surface area contributed by atoms with Gasteiger partial charge < -0.3 is 10.6 Å². The molecule has 104 valence electrons. The zero-order chi connectivity index (χ0) is 14.3. The second kappa shape index (κ2) is 7.81. The van der Waals surface area contributed by atoms with E-state index in [9.17, 15) is 9.59 Å². The van der Waals surface area contributed by atoms with E-state index in [4.69, 9.17) is 0 Å². The van der Waals surface area contributed by atoms with Crippen molar-refractivity contribution >= 4 is 23.7 Å². The Morgan fingerprint density at radius 3 is 2.68 bits per heavy atom. The highest BCUT2D eigenvalue weighted by Crippen LogP contribution is 2.24. The summed E-state index contributed by atoms with van der Waals surface area (Å²) in [6, 6.07) is 7.48. The molecule has 1 rings (SSSR count). The fourth-order valence-electron chi connectivity index (χ4n) is 1.47. The van der Waals surface area contributed by atoms with Crippen LogP contribution in [0.15, 0.2) is 29.2 Å². The Morgan fingerprint density at radius 2 is 2.05 bits per heavy atom. The number of amides is 3. The Morgan fingerprint density at radius 1 is 1.32 bits per heavy atom. The van der Waals surface area contributed by atoms with E-state index in [0.717, 1.165) is 17.0 Å². The van der Waals surface area contributed by atoms with Crippen molar-refractivity contribution in [2.24, 2.45) is 0 Å². The van der Waals surface area contributed by atoms with Gasteiger partial charge in [0.1, 0.15) is 0 Å². The molecule has 0 aliphatic heterocycles. The van der Waals surface area contributed by atoms with E-state index in [0.29, 0.717) is 0 Å².